The van der Waals surface area contributed by atoms with Crippen LogP contribution in [0.3, 0.4) is 0 Å². The van der Waals surface area contributed by atoms with Gasteiger partial charge in [-0.3, -0.25) is 9.59 Å². The lowest BCUT2D eigenvalue weighted by Gasteiger charge is -2.16. The second-order valence-electron chi connectivity index (χ2n) is 5.73. The predicted molar refractivity (Wildman–Crippen MR) is 98.8 cm³/mol. The fraction of sp³-hybridized carbons (Fsp3) is 0.158. The number of amides is 1. The molecule has 1 aromatic carbocycles. The highest BCUT2D eigenvalue weighted by Crippen LogP contribution is 2.24. The SMILES string of the molecule is CC(=O)c1ccc(C(=O)OC(C(=O)Nc2cc(C)on2)c2ccccc2)s1. The van der Waals surface area contributed by atoms with Gasteiger partial charge in [0.05, 0.1) is 4.88 Å². The van der Waals surface area contributed by atoms with Crippen molar-refractivity contribution in [2.75, 3.05) is 5.32 Å². The molecule has 27 heavy (non-hydrogen) atoms. The van der Waals surface area contributed by atoms with E-state index in [1.54, 1.807) is 49.4 Å². The summed E-state index contributed by atoms with van der Waals surface area (Å²) in [5.41, 5.74) is 0.506. The van der Waals surface area contributed by atoms with Gasteiger partial charge in [-0.25, -0.2) is 4.79 Å². The molecule has 2 heterocycles. The van der Waals surface area contributed by atoms with E-state index in [0.717, 1.165) is 11.3 Å². The van der Waals surface area contributed by atoms with E-state index in [1.807, 2.05) is 0 Å². The Bertz CT molecular complexity index is 977. The van der Waals surface area contributed by atoms with Crippen LogP contribution in [0.15, 0.2) is 53.1 Å². The summed E-state index contributed by atoms with van der Waals surface area (Å²) < 4.78 is 10.4. The van der Waals surface area contributed by atoms with E-state index in [9.17, 15) is 14.4 Å². The van der Waals surface area contributed by atoms with Crippen LogP contribution in [-0.2, 0) is 9.53 Å². The van der Waals surface area contributed by atoms with E-state index in [4.69, 9.17) is 9.26 Å². The second kappa shape index (κ2) is 7.96. The molecule has 1 atom stereocenters. The van der Waals surface area contributed by atoms with Crippen molar-refractivity contribution in [2.24, 2.45) is 0 Å². The third kappa shape index (κ3) is 4.48. The molecule has 0 bridgehead atoms. The molecule has 138 valence electrons. The zero-order valence-corrected chi connectivity index (χ0v) is 15.4. The first-order chi connectivity index (χ1) is 12.9. The number of anilines is 1. The summed E-state index contributed by atoms with van der Waals surface area (Å²) in [6, 6.07) is 13.2. The van der Waals surface area contributed by atoms with Crippen LogP contribution in [0.25, 0.3) is 0 Å². The quantitative estimate of drug-likeness (QED) is 0.513. The van der Waals surface area contributed by atoms with Crippen LogP contribution >= 0.6 is 11.3 Å². The van der Waals surface area contributed by atoms with Gasteiger partial charge in [0.2, 0.25) is 6.10 Å². The third-order valence-electron chi connectivity index (χ3n) is 3.60. The summed E-state index contributed by atoms with van der Waals surface area (Å²) in [5, 5.41) is 6.28. The van der Waals surface area contributed by atoms with E-state index >= 15 is 0 Å². The number of hydrogen-bond donors (Lipinski definition) is 1. The molecule has 0 aliphatic rings. The maximum Gasteiger partial charge on any atom is 0.349 e. The molecule has 8 heteroatoms. The number of carbonyl (C=O) groups excluding carboxylic acids is 3. The van der Waals surface area contributed by atoms with Gasteiger partial charge in [-0.15, -0.1) is 11.3 Å². The average Bonchev–Trinajstić information content (AvgIpc) is 3.29. The van der Waals surface area contributed by atoms with E-state index < -0.39 is 18.0 Å². The van der Waals surface area contributed by atoms with Gasteiger partial charge in [0.15, 0.2) is 11.6 Å². The molecular formula is C19H16N2O5S. The predicted octanol–water partition coefficient (Wildman–Crippen LogP) is 3.78. The van der Waals surface area contributed by atoms with Gasteiger partial charge in [-0.05, 0) is 26.0 Å². The van der Waals surface area contributed by atoms with Crippen LogP contribution in [0.5, 0.6) is 0 Å². The lowest BCUT2D eigenvalue weighted by molar-refractivity contribution is -0.125. The molecule has 2 aromatic heterocycles. The van der Waals surface area contributed by atoms with Gasteiger partial charge in [-0.2, -0.15) is 0 Å². The minimum atomic E-state index is -1.18. The van der Waals surface area contributed by atoms with Crippen LogP contribution in [0, 0.1) is 6.92 Å². The van der Waals surface area contributed by atoms with Gasteiger partial charge in [-0.1, -0.05) is 35.5 Å². The zero-order chi connectivity index (χ0) is 19.4. The molecule has 3 rings (SSSR count). The van der Waals surface area contributed by atoms with Crippen LogP contribution in [0.2, 0.25) is 0 Å². The molecule has 1 amide bonds. The Morgan fingerprint density at radius 3 is 2.41 bits per heavy atom. The molecule has 1 N–H and O–H groups in total. The normalized spacial score (nSPS) is 11.6. The van der Waals surface area contributed by atoms with Gasteiger partial charge in [0, 0.05) is 11.6 Å². The van der Waals surface area contributed by atoms with E-state index in [-0.39, 0.29) is 16.5 Å². The van der Waals surface area contributed by atoms with Crippen molar-refractivity contribution in [2.45, 2.75) is 20.0 Å². The minimum Gasteiger partial charge on any atom is -0.443 e. The average molecular weight is 384 g/mol. The lowest BCUT2D eigenvalue weighted by atomic mass is 10.1. The molecule has 1 unspecified atom stereocenters. The Hall–Kier alpha value is -3.26. The summed E-state index contributed by atoms with van der Waals surface area (Å²) in [6.45, 7) is 3.11. The van der Waals surface area contributed by atoms with E-state index in [1.165, 1.54) is 13.0 Å². The Morgan fingerprint density at radius 1 is 1.11 bits per heavy atom. The number of hydrogen-bond acceptors (Lipinski definition) is 7. The smallest absolute Gasteiger partial charge is 0.349 e. The number of nitrogens with one attached hydrogen (secondary N) is 1. The van der Waals surface area contributed by atoms with Crippen LogP contribution in [0.1, 0.15) is 43.7 Å². The fourth-order valence-corrected chi connectivity index (χ4v) is 3.10. The number of thiophene rings is 1. The van der Waals surface area contributed by atoms with Crippen molar-refractivity contribution in [3.05, 3.63) is 69.6 Å². The maximum atomic E-state index is 12.7. The molecule has 0 spiro atoms. The first kappa shape index (κ1) is 18.5. The number of aryl methyl sites for hydroxylation is 1. The lowest BCUT2D eigenvalue weighted by Crippen LogP contribution is -2.25. The van der Waals surface area contributed by atoms with Crippen molar-refractivity contribution in [3.8, 4) is 0 Å². The van der Waals surface area contributed by atoms with Gasteiger partial charge < -0.3 is 14.6 Å². The van der Waals surface area contributed by atoms with Crippen LogP contribution in [0.4, 0.5) is 5.82 Å². The standard InChI is InChI=1S/C19H16N2O5S/c1-11-10-16(21-26-11)20-18(23)17(13-6-4-3-5-7-13)25-19(24)15-9-8-14(27-15)12(2)22/h3-10,17H,1-2H3,(H,20,21,23). The Labute approximate surface area is 158 Å². The van der Waals surface area contributed by atoms with Crippen molar-refractivity contribution >= 4 is 34.8 Å². The molecule has 0 saturated carbocycles. The molecule has 3 aromatic rings. The largest absolute Gasteiger partial charge is 0.443 e. The van der Waals surface area contributed by atoms with Crippen LogP contribution in [-0.4, -0.2) is 22.8 Å². The highest BCUT2D eigenvalue weighted by molar-refractivity contribution is 7.15. The first-order valence-electron chi connectivity index (χ1n) is 8.05. The number of carbonyl (C=O) groups is 3. The number of Topliss-reactive ketones (excluding diaryl/α,β-unsaturated/α-hetero) is 1. The monoisotopic (exact) mass is 384 g/mol. The molecule has 0 aliphatic carbocycles. The highest BCUT2D eigenvalue weighted by Gasteiger charge is 2.27. The minimum absolute atomic E-state index is 0.141. The zero-order valence-electron chi connectivity index (χ0n) is 14.6. The Kier molecular flexibility index (Phi) is 5.46. The van der Waals surface area contributed by atoms with Crippen molar-refractivity contribution in [3.63, 3.8) is 0 Å². The second-order valence-corrected chi connectivity index (χ2v) is 6.81. The number of ketones is 1. The summed E-state index contributed by atoms with van der Waals surface area (Å²) in [5.74, 6) is -0.629. The highest BCUT2D eigenvalue weighted by atomic mass is 32.1. The summed E-state index contributed by atoms with van der Waals surface area (Å²) >= 11 is 1.02. The summed E-state index contributed by atoms with van der Waals surface area (Å²) in [7, 11) is 0. The van der Waals surface area contributed by atoms with Gasteiger partial charge in [0.1, 0.15) is 10.6 Å². The fourth-order valence-electron chi connectivity index (χ4n) is 2.32. The maximum absolute atomic E-state index is 12.7. The molecule has 0 fully saturated rings. The number of esters is 1. The van der Waals surface area contributed by atoms with Crippen molar-refractivity contribution in [1.82, 2.24) is 5.16 Å². The summed E-state index contributed by atoms with van der Waals surface area (Å²) in [4.78, 5) is 37.3. The molecule has 7 nitrogen and oxygen atoms in total. The molecule has 0 saturated heterocycles. The number of aromatic nitrogens is 1. The number of rotatable bonds is 6. The van der Waals surface area contributed by atoms with E-state index in [0.29, 0.717) is 16.2 Å². The Morgan fingerprint density at radius 2 is 1.81 bits per heavy atom. The van der Waals surface area contributed by atoms with Gasteiger partial charge >= 0.3 is 5.97 Å². The Balaban J connectivity index is 1.82. The first-order valence-corrected chi connectivity index (χ1v) is 8.86. The van der Waals surface area contributed by atoms with Crippen molar-refractivity contribution in [1.29, 1.82) is 0 Å². The van der Waals surface area contributed by atoms with Crippen molar-refractivity contribution < 1.29 is 23.6 Å². The third-order valence-corrected chi connectivity index (χ3v) is 4.76. The van der Waals surface area contributed by atoms with E-state index in [2.05, 4.69) is 10.5 Å². The summed E-state index contributed by atoms with van der Waals surface area (Å²) in [6.07, 6.45) is -1.18. The number of nitrogens with zero attached hydrogens (tertiary/aromatic N) is 1. The number of ether oxygens (including phenoxy) is 1. The van der Waals surface area contributed by atoms with Gasteiger partial charge in [0.25, 0.3) is 5.91 Å². The topological polar surface area (TPSA) is 98.5 Å². The molecular weight excluding hydrogens is 368 g/mol. The molecule has 0 radical (unpaired) electrons. The number of benzene rings is 1. The molecule has 0 aliphatic heterocycles. The van der Waals surface area contributed by atoms with Crippen LogP contribution < -0.4 is 5.32 Å².